The van der Waals surface area contributed by atoms with Gasteiger partial charge < -0.3 is 11.1 Å². The predicted octanol–water partition coefficient (Wildman–Crippen LogP) is 4.66. The third-order valence-electron chi connectivity index (χ3n) is 3.29. The van der Waals surface area contributed by atoms with Gasteiger partial charge in [-0.1, -0.05) is 18.2 Å². The lowest BCUT2D eigenvalue weighted by molar-refractivity contribution is 0.986. The molecular weight excluding hydrogens is 408 g/mol. The van der Waals surface area contributed by atoms with Gasteiger partial charge in [0.25, 0.3) is 0 Å². The average Bonchev–Trinajstić information content (AvgIpc) is 2.45. The molecule has 112 valence electrons. The number of hydrogen-bond donors (Lipinski definition) is 2. The third kappa shape index (κ3) is 3.08. The van der Waals surface area contributed by atoms with E-state index in [1.807, 2.05) is 43.3 Å². The van der Waals surface area contributed by atoms with Crippen LogP contribution in [-0.4, -0.2) is 9.97 Å². The summed E-state index contributed by atoms with van der Waals surface area (Å²) < 4.78 is 1.82. The van der Waals surface area contributed by atoms with Gasteiger partial charge in [-0.15, -0.1) is 0 Å². The highest BCUT2D eigenvalue weighted by Crippen LogP contribution is 2.33. The second-order valence-corrected chi connectivity index (χ2v) is 6.66. The van der Waals surface area contributed by atoms with Gasteiger partial charge in [0.15, 0.2) is 0 Å². The maximum atomic E-state index is 5.82. The number of nitrogen functional groups attached to an aromatic ring is 1. The molecule has 4 nitrogen and oxygen atoms in total. The van der Waals surface area contributed by atoms with Gasteiger partial charge in [-0.05, 0) is 57.0 Å². The zero-order valence-electron chi connectivity index (χ0n) is 11.9. The number of aromatic nitrogens is 2. The number of aryl methyl sites for hydroxylation is 1. The number of nitrogens with two attached hydrogens (primary N) is 1. The summed E-state index contributed by atoms with van der Waals surface area (Å²) in [5.41, 5.74) is 9.41. The first kappa shape index (κ1) is 15.2. The number of rotatable bonds is 3. The molecular formula is C16H14Br2N4. The molecule has 3 rings (SSSR count). The van der Waals surface area contributed by atoms with Crippen LogP contribution in [0.1, 0.15) is 11.5 Å². The van der Waals surface area contributed by atoms with Crippen LogP contribution < -0.4 is 11.1 Å². The van der Waals surface area contributed by atoms with E-state index in [1.165, 1.54) is 0 Å². The van der Waals surface area contributed by atoms with E-state index in [-0.39, 0.29) is 0 Å². The lowest BCUT2D eigenvalue weighted by Gasteiger charge is -2.13. The van der Waals surface area contributed by atoms with Crippen LogP contribution in [-0.2, 0) is 6.54 Å². The van der Waals surface area contributed by atoms with Crippen molar-refractivity contribution in [2.75, 3.05) is 11.1 Å². The largest absolute Gasteiger partial charge is 0.399 e. The fourth-order valence-electron chi connectivity index (χ4n) is 2.34. The molecule has 6 heteroatoms. The summed E-state index contributed by atoms with van der Waals surface area (Å²) in [6.07, 6.45) is 0. The molecule has 0 saturated carbocycles. The van der Waals surface area contributed by atoms with Crippen LogP contribution in [0.25, 0.3) is 10.9 Å². The maximum absolute atomic E-state index is 5.82. The summed E-state index contributed by atoms with van der Waals surface area (Å²) in [5, 5.41) is 4.46. The number of hydrogen-bond acceptors (Lipinski definition) is 4. The van der Waals surface area contributed by atoms with Crippen LogP contribution in [0.4, 0.5) is 11.4 Å². The number of halogens is 2. The van der Waals surface area contributed by atoms with Crippen LogP contribution in [0.2, 0.25) is 0 Å². The minimum atomic E-state index is 0.602. The third-order valence-corrected chi connectivity index (χ3v) is 4.54. The molecule has 0 atom stereocenters. The van der Waals surface area contributed by atoms with Crippen LogP contribution in [0.15, 0.2) is 45.3 Å². The summed E-state index contributed by atoms with van der Waals surface area (Å²) in [4.78, 5) is 9.03. The average molecular weight is 422 g/mol. The smallest absolute Gasteiger partial charge is 0.126 e. The molecule has 0 saturated heterocycles. The number of para-hydroxylation sites is 1. The Morgan fingerprint density at radius 1 is 1.09 bits per heavy atom. The molecule has 22 heavy (non-hydrogen) atoms. The normalized spacial score (nSPS) is 10.9. The minimum Gasteiger partial charge on any atom is -0.399 e. The van der Waals surface area contributed by atoms with E-state index in [0.29, 0.717) is 12.2 Å². The number of nitrogens with one attached hydrogen (secondary N) is 1. The van der Waals surface area contributed by atoms with E-state index in [0.717, 1.165) is 37.1 Å². The molecule has 1 aromatic heterocycles. The molecule has 0 aliphatic carbocycles. The second kappa shape index (κ2) is 6.22. The van der Waals surface area contributed by atoms with E-state index in [9.17, 15) is 0 Å². The van der Waals surface area contributed by atoms with Crippen LogP contribution >= 0.6 is 31.9 Å². The van der Waals surface area contributed by atoms with Gasteiger partial charge in [-0.25, -0.2) is 9.97 Å². The highest BCUT2D eigenvalue weighted by Gasteiger charge is 2.09. The zero-order valence-corrected chi connectivity index (χ0v) is 15.1. The van der Waals surface area contributed by atoms with Crippen molar-refractivity contribution in [3.63, 3.8) is 0 Å². The number of fused-ring (bicyclic) bond motifs is 1. The van der Waals surface area contributed by atoms with Crippen molar-refractivity contribution in [1.29, 1.82) is 0 Å². The molecule has 3 N–H and O–H groups in total. The summed E-state index contributed by atoms with van der Waals surface area (Å²) in [6, 6.07) is 11.8. The summed E-state index contributed by atoms with van der Waals surface area (Å²) in [5.74, 6) is 0.769. The van der Waals surface area contributed by atoms with E-state index in [4.69, 9.17) is 5.73 Å². The molecule has 0 aliphatic heterocycles. The van der Waals surface area contributed by atoms with Gasteiger partial charge in [0.2, 0.25) is 0 Å². The monoisotopic (exact) mass is 420 g/mol. The van der Waals surface area contributed by atoms with E-state index >= 15 is 0 Å². The van der Waals surface area contributed by atoms with Crippen molar-refractivity contribution >= 4 is 54.1 Å². The van der Waals surface area contributed by atoms with Gasteiger partial charge in [-0.3, -0.25) is 0 Å². The number of benzene rings is 2. The lowest BCUT2D eigenvalue weighted by atomic mass is 10.2. The Hall–Kier alpha value is -1.66. The molecule has 0 bridgehead atoms. The second-order valence-electron chi connectivity index (χ2n) is 4.95. The Kier molecular flexibility index (Phi) is 4.31. The van der Waals surface area contributed by atoms with Gasteiger partial charge in [0.1, 0.15) is 5.82 Å². The van der Waals surface area contributed by atoms with Gasteiger partial charge in [0, 0.05) is 20.0 Å². The Labute approximate surface area is 145 Å². The Morgan fingerprint density at radius 3 is 2.50 bits per heavy atom. The molecule has 0 unspecified atom stereocenters. The molecule has 1 heterocycles. The van der Waals surface area contributed by atoms with Gasteiger partial charge in [-0.2, -0.15) is 0 Å². The van der Waals surface area contributed by atoms with Crippen molar-refractivity contribution in [2.45, 2.75) is 13.5 Å². The first-order valence-electron chi connectivity index (χ1n) is 6.75. The SMILES string of the molecule is Cc1nc(CNc2c(Br)cc(N)cc2Br)c2ccccc2n1. The Morgan fingerprint density at radius 2 is 1.77 bits per heavy atom. The Bertz CT molecular complexity index is 826. The molecule has 0 radical (unpaired) electrons. The Balaban J connectivity index is 1.95. The molecule has 0 aliphatic rings. The first-order valence-corrected chi connectivity index (χ1v) is 8.34. The molecule has 3 aromatic rings. The molecule has 0 amide bonds. The highest BCUT2D eigenvalue weighted by atomic mass is 79.9. The van der Waals surface area contributed by atoms with Crippen molar-refractivity contribution in [3.05, 3.63) is 56.9 Å². The van der Waals surface area contributed by atoms with Crippen LogP contribution in [0.3, 0.4) is 0 Å². The first-order chi connectivity index (χ1) is 10.5. The summed E-state index contributed by atoms with van der Waals surface area (Å²) >= 11 is 7.06. The highest BCUT2D eigenvalue weighted by molar-refractivity contribution is 9.11. The predicted molar refractivity (Wildman–Crippen MR) is 97.9 cm³/mol. The lowest BCUT2D eigenvalue weighted by Crippen LogP contribution is -2.06. The topological polar surface area (TPSA) is 63.8 Å². The summed E-state index contributed by atoms with van der Waals surface area (Å²) in [7, 11) is 0. The fraction of sp³-hybridized carbons (Fsp3) is 0.125. The summed E-state index contributed by atoms with van der Waals surface area (Å²) in [6.45, 7) is 2.51. The van der Waals surface area contributed by atoms with Gasteiger partial charge >= 0.3 is 0 Å². The standard InChI is InChI=1S/C16H14Br2N4/c1-9-21-14-5-3-2-4-11(14)15(22-9)8-20-16-12(17)6-10(19)7-13(16)18/h2-7,20H,8,19H2,1H3. The molecule has 0 spiro atoms. The van der Waals surface area contributed by atoms with Crippen LogP contribution in [0.5, 0.6) is 0 Å². The molecule has 0 fully saturated rings. The number of anilines is 2. The van der Waals surface area contributed by atoms with Crippen molar-refractivity contribution in [2.24, 2.45) is 0 Å². The zero-order chi connectivity index (χ0) is 15.7. The maximum Gasteiger partial charge on any atom is 0.126 e. The quantitative estimate of drug-likeness (QED) is 0.603. The fourth-order valence-corrected chi connectivity index (χ4v) is 3.84. The van der Waals surface area contributed by atoms with E-state index in [2.05, 4.69) is 47.1 Å². The van der Waals surface area contributed by atoms with Crippen molar-refractivity contribution in [3.8, 4) is 0 Å². The van der Waals surface area contributed by atoms with Crippen molar-refractivity contribution < 1.29 is 0 Å². The van der Waals surface area contributed by atoms with E-state index < -0.39 is 0 Å². The van der Waals surface area contributed by atoms with Crippen LogP contribution in [0, 0.1) is 6.92 Å². The number of nitrogens with zero attached hydrogens (tertiary/aromatic N) is 2. The van der Waals surface area contributed by atoms with Gasteiger partial charge in [0.05, 0.1) is 23.4 Å². The molecule has 2 aromatic carbocycles. The minimum absolute atomic E-state index is 0.602. The van der Waals surface area contributed by atoms with E-state index in [1.54, 1.807) is 0 Å². The van der Waals surface area contributed by atoms with Crippen molar-refractivity contribution in [1.82, 2.24) is 9.97 Å².